The molecule has 3 N–H and O–H groups in total. The van der Waals surface area contributed by atoms with E-state index in [9.17, 15) is 15.0 Å². The molecular formula is C17H26N2O3. The third-order valence-electron chi connectivity index (χ3n) is 4.17. The molecule has 0 spiro atoms. The summed E-state index contributed by atoms with van der Waals surface area (Å²) in [7, 11) is 0. The fraction of sp³-hybridized carbons (Fsp3) is 0.588. The van der Waals surface area contributed by atoms with Crippen LogP contribution >= 0.6 is 0 Å². The van der Waals surface area contributed by atoms with E-state index in [2.05, 4.69) is 17.4 Å². The number of benzene rings is 1. The number of hydrogen-bond acceptors (Lipinski definition) is 4. The topological polar surface area (TPSA) is 72.8 Å². The van der Waals surface area contributed by atoms with Crippen LogP contribution in [0.4, 0.5) is 0 Å². The molecule has 0 aliphatic carbocycles. The number of nitrogens with one attached hydrogen (secondary N) is 1. The average Bonchev–Trinajstić information content (AvgIpc) is 2.52. The Labute approximate surface area is 131 Å². The predicted octanol–water partition coefficient (Wildman–Crippen LogP) is 0.551. The molecule has 122 valence electrons. The number of carbonyl (C=O) groups is 1. The third-order valence-corrected chi connectivity index (χ3v) is 4.17. The van der Waals surface area contributed by atoms with Crippen molar-refractivity contribution in [1.29, 1.82) is 0 Å². The highest BCUT2D eigenvalue weighted by molar-refractivity contribution is 5.82. The highest BCUT2D eigenvalue weighted by Crippen LogP contribution is 2.13. The minimum atomic E-state index is -0.820. The van der Waals surface area contributed by atoms with Crippen LogP contribution in [0.5, 0.6) is 0 Å². The number of hydrogen-bond donors (Lipinski definition) is 3. The number of nitrogens with zero attached hydrogens (tertiary/aromatic N) is 1. The third kappa shape index (κ3) is 4.53. The van der Waals surface area contributed by atoms with Gasteiger partial charge in [-0.1, -0.05) is 30.3 Å². The number of aliphatic hydroxyl groups excluding tert-OH is 2. The molecule has 1 amide bonds. The maximum absolute atomic E-state index is 12.5. The Morgan fingerprint density at radius 2 is 2.05 bits per heavy atom. The number of piperidine rings is 1. The molecule has 1 aliphatic heterocycles. The zero-order chi connectivity index (χ0) is 15.9. The van der Waals surface area contributed by atoms with Crippen LogP contribution in [0.25, 0.3) is 0 Å². The van der Waals surface area contributed by atoms with E-state index < -0.39 is 18.2 Å². The molecule has 5 heteroatoms. The quantitative estimate of drug-likeness (QED) is 0.718. The second kappa shape index (κ2) is 8.27. The summed E-state index contributed by atoms with van der Waals surface area (Å²) >= 11 is 0. The summed E-state index contributed by atoms with van der Waals surface area (Å²) in [6.45, 7) is 3.61. The molecule has 1 aliphatic rings. The van der Waals surface area contributed by atoms with Crippen molar-refractivity contribution >= 4 is 5.91 Å². The van der Waals surface area contributed by atoms with Crippen molar-refractivity contribution in [3.63, 3.8) is 0 Å². The molecular weight excluding hydrogens is 280 g/mol. The van der Waals surface area contributed by atoms with Crippen molar-refractivity contribution in [3.05, 3.63) is 35.9 Å². The van der Waals surface area contributed by atoms with Crippen molar-refractivity contribution < 1.29 is 15.0 Å². The van der Waals surface area contributed by atoms with Gasteiger partial charge in [0.25, 0.3) is 0 Å². The Morgan fingerprint density at radius 1 is 1.32 bits per heavy atom. The van der Waals surface area contributed by atoms with Crippen LogP contribution in [0.15, 0.2) is 30.3 Å². The molecule has 2 rings (SSSR count). The summed E-state index contributed by atoms with van der Waals surface area (Å²) in [5.74, 6) is -0.0741. The van der Waals surface area contributed by atoms with Crippen molar-refractivity contribution in [2.24, 2.45) is 0 Å². The van der Waals surface area contributed by atoms with Gasteiger partial charge in [0.2, 0.25) is 5.91 Å². The number of amides is 1. The van der Waals surface area contributed by atoms with Crippen LogP contribution in [0.1, 0.15) is 25.3 Å². The first kappa shape index (κ1) is 16.9. The molecule has 0 saturated carbocycles. The van der Waals surface area contributed by atoms with Crippen LogP contribution < -0.4 is 5.32 Å². The lowest BCUT2D eigenvalue weighted by molar-refractivity contribution is -0.138. The summed E-state index contributed by atoms with van der Waals surface area (Å²) in [4.78, 5) is 14.3. The predicted molar refractivity (Wildman–Crippen MR) is 85.4 cm³/mol. The Balaban J connectivity index is 1.84. The molecule has 0 bridgehead atoms. The van der Waals surface area contributed by atoms with E-state index in [1.54, 1.807) is 4.90 Å². The standard InChI is InChI=1S/C17H26N2O3/c1-2-19(10-6-9-13-7-4-3-5-8-13)17(22)16-15(21)11-14(20)12-18-16/h3-5,7-8,14-16,18,20-21H,2,6,9-12H2,1H3/t14-,15-,16-/m0/s1. The fourth-order valence-corrected chi connectivity index (χ4v) is 2.89. The molecule has 0 aromatic heterocycles. The summed E-state index contributed by atoms with van der Waals surface area (Å²) < 4.78 is 0. The Kier molecular flexibility index (Phi) is 6.36. The van der Waals surface area contributed by atoms with Gasteiger partial charge in [0.15, 0.2) is 0 Å². The van der Waals surface area contributed by atoms with Crippen LogP contribution in [0, 0.1) is 0 Å². The first-order chi connectivity index (χ1) is 10.6. The summed E-state index contributed by atoms with van der Waals surface area (Å²) in [6.07, 6.45) is 0.691. The average molecular weight is 306 g/mol. The molecule has 22 heavy (non-hydrogen) atoms. The van der Waals surface area contributed by atoms with E-state index in [0.717, 1.165) is 12.8 Å². The van der Waals surface area contributed by atoms with Gasteiger partial charge < -0.3 is 20.4 Å². The SMILES string of the molecule is CCN(CCCc1ccccc1)C(=O)[C@H]1NC[C@@H](O)C[C@@H]1O. The van der Waals surface area contributed by atoms with Gasteiger partial charge >= 0.3 is 0 Å². The minimum Gasteiger partial charge on any atom is -0.392 e. The molecule has 1 saturated heterocycles. The lowest BCUT2D eigenvalue weighted by atomic mass is 9.98. The zero-order valence-electron chi connectivity index (χ0n) is 13.1. The second-order valence-electron chi connectivity index (χ2n) is 5.85. The number of aryl methyl sites for hydroxylation is 1. The van der Waals surface area contributed by atoms with E-state index in [0.29, 0.717) is 19.6 Å². The van der Waals surface area contributed by atoms with Crippen molar-refractivity contribution in [2.45, 2.75) is 44.4 Å². The van der Waals surface area contributed by atoms with Gasteiger partial charge in [0.1, 0.15) is 6.04 Å². The summed E-state index contributed by atoms with van der Waals surface area (Å²) in [6, 6.07) is 9.62. The highest BCUT2D eigenvalue weighted by Gasteiger charge is 2.34. The first-order valence-corrected chi connectivity index (χ1v) is 8.04. The lowest BCUT2D eigenvalue weighted by Gasteiger charge is -2.34. The van der Waals surface area contributed by atoms with E-state index >= 15 is 0 Å². The van der Waals surface area contributed by atoms with Crippen molar-refractivity contribution in [1.82, 2.24) is 10.2 Å². The fourth-order valence-electron chi connectivity index (χ4n) is 2.89. The van der Waals surface area contributed by atoms with Gasteiger partial charge in [-0.3, -0.25) is 4.79 Å². The van der Waals surface area contributed by atoms with Crippen LogP contribution in [-0.4, -0.2) is 58.9 Å². The van der Waals surface area contributed by atoms with E-state index in [1.165, 1.54) is 5.56 Å². The maximum atomic E-state index is 12.5. The minimum absolute atomic E-state index is 0.0741. The Morgan fingerprint density at radius 3 is 2.68 bits per heavy atom. The molecule has 0 radical (unpaired) electrons. The van der Waals surface area contributed by atoms with Crippen molar-refractivity contribution in [3.8, 4) is 0 Å². The van der Waals surface area contributed by atoms with E-state index in [-0.39, 0.29) is 12.3 Å². The molecule has 1 aromatic rings. The Bertz CT molecular complexity index is 466. The van der Waals surface area contributed by atoms with Gasteiger partial charge in [0.05, 0.1) is 12.2 Å². The van der Waals surface area contributed by atoms with Crippen LogP contribution in [-0.2, 0) is 11.2 Å². The van der Waals surface area contributed by atoms with Crippen molar-refractivity contribution in [2.75, 3.05) is 19.6 Å². The van der Waals surface area contributed by atoms with E-state index in [4.69, 9.17) is 0 Å². The maximum Gasteiger partial charge on any atom is 0.242 e. The van der Waals surface area contributed by atoms with Crippen LogP contribution in [0.2, 0.25) is 0 Å². The normalized spacial score (nSPS) is 25.0. The van der Waals surface area contributed by atoms with Crippen LogP contribution in [0.3, 0.4) is 0 Å². The monoisotopic (exact) mass is 306 g/mol. The van der Waals surface area contributed by atoms with Gasteiger partial charge in [-0.05, 0) is 25.3 Å². The van der Waals surface area contributed by atoms with Gasteiger partial charge in [-0.25, -0.2) is 0 Å². The van der Waals surface area contributed by atoms with E-state index in [1.807, 2.05) is 25.1 Å². The lowest BCUT2D eigenvalue weighted by Crippen LogP contribution is -2.58. The largest absolute Gasteiger partial charge is 0.392 e. The molecule has 0 unspecified atom stereocenters. The van der Waals surface area contributed by atoms with Gasteiger partial charge in [-0.15, -0.1) is 0 Å². The molecule has 3 atom stereocenters. The highest BCUT2D eigenvalue weighted by atomic mass is 16.3. The van der Waals surface area contributed by atoms with Gasteiger partial charge in [0, 0.05) is 26.1 Å². The zero-order valence-corrected chi connectivity index (χ0v) is 13.1. The number of rotatable bonds is 6. The number of carbonyl (C=O) groups excluding carboxylic acids is 1. The number of β-amino-alcohol motifs (C(OH)–C–C–N with tert-alkyl or cyclic N) is 1. The number of aliphatic hydroxyl groups is 2. The van der Waals surface area contributed by atoms with Gasteiger partial charge in [-0.2, -0.15) is 0 Å². The summed E-state index contributed by atoms with van der Waals surface area (Å²) in [5.41, 5.74) is 1.27. The summed E-state index contributed by atoms with van der Waals surface area (Å²) in [5, 5.41) is 22.4. The molecule has 1 fully saturated rings. The number of likely N-dealkylation sites (N-methyl/N-ethyl adjacent to an activating group) is 1. The molecule has 1 heterocycles. The Hall–Kier alpha value is -1.43. The molecule has 1 aromatic carbocycles. The first-order valence-electron chi connectivity index (χ1n) is 8.04. The smallest absolute Gasteiger partial charge is 0.242 e. The molecule has 5 nitrogen and oxygen atoms in total. The second-order valence-corrected chi connectivity index (χ2v) is 5.85.